The Bertz CT molecular complexity index is 1230. The lowest BCUT2D eigenvalue weighted by Gasteiger charge is -2.15. The third-order valence-corrected chi connectivity index (χ3v) is 7.34. The summed E-state index contributed by atoms with van der Waals surface area (Å²) in [6.07, 6.45) is 4.57. The normalized spacial score (nSPS) is 14.0. The van der Waals surface area contributed by atoms with Gasteiger partial charge in [0.1, 0.15) is 5.69 Å². The number of nitrogens with zero attached hydrogens (tertiary/aromatic N) is 2. The number of sulfonamides is 1. The largest absolute Gasteiger partial charge is 0.332 e. The number of benzene rings is 1. The lowest BCUT2D eigenvalue weighted by molar-refractivity contribution is 0.0973. The molecule has 1 aliphatic rings. The van der Waals surface area contributed by atoms with Gasteiger partial charge in [-0.2, -0.15) is 0 Å². The van der Waals surface area contributed by atoms with E-state index in [1.807, 2.05) is 13.0 Å². The van der Waals surface area contributed by atoms with Crippen LogP contribution in [-0.2, 0) is 16.6 Å². The number of rotatable bonds is 6. The van der Waals surface area contributed by atoms with E-state index < -0.39 is 21.2 Å². The fourth-order valence-corrected chi connectivity index (χ4v) is 4.92. The Morgan fingerprint density at radius 1 is 1.17 bits per heavy atom. The molecule has 1 aromatic carbocycles. The lowest BCUT2D eigenvalue weighted by Crippen LogP contribution is -2.34. The number of halogens is 2. The number of aromatic nitrogens is 2. The van der Waals surface area contributed by atoms with Gasteiger partial charge in [-0.25, -0.2) is 13.1 Å². The summed E-state index contributed by atoms with van der Waals surface area (Å²) < 4.78 is 28.5. The molecule has 2 heterocycles. The van der Waals surface area contributed by atoms with Gasteiger partial charge in [-0.3, -0.25) is 9.78 Å². The molecular formula is C21H19Cl2N3O3S. The van der Waals surface area contributed by atoms with E-state index >= 15 is 0 Å². The molecule has 1 amide bonds. The average molecular weight is 464 g/mol. The van der Waals surface area contributed by atoms with Gasteiger partial charge in [0, 0.05) is 34.5 Å². The fraction of sp³-hybridized carbons (Fsp3) is 0.238. The molecule has 0 saturated heterocycles. The number of aryl methyl sites for hydroxylation is 1. The molecule has 6 nitrogen and oxygen atoms in total. The molecule has 1 saturated carbocycles. The van der Waals surface area contributed by atoms with Gasteiger partial charge in [-0.15, -0.1) is 0 Å². The van der Waals surface area contributed by atoms with E-state index in [4.69, 9.17) is 23.2 Å². The summed E-state index contributed by atoms with van der Waals surface area (Å²) in [5, 5.41) is 0.522. The third kappa shape index (κ3) is 4.38. The van der Waals surface area contributed by atoms with Gasteiger partial charge in [0.2, 0.25) is 10.0 Å². The summed E-state index contributed by atoms with van der Waals surface area (Å²) in [5.41, 5.74) is 3.41. The number of hydrogen-bond acceptors (Lipinski definition) is 4. The van der Waals surface area contributed by atoms with E-state index in [-0.39, 0.29) is 12.2 Å². The Morgan fingerprint density at radius 3 is 2.63 bits per heavy atom. The second-order valence-corrected chi connectivity index (χ2v) is 10.2. The monoisotopic (exact) mass is 463 g/mol. The zero-order valence-corrected chi connectivity index (χ0v) is 18.4. The van der Waals surface area contributed by atoms with Crippen molar-refractivity contribution in [3.05, 3.63) is 75.7 Å². The zero-order valence-electron chi connectivity index (χ0n) is 16.1. The molecule has 1 N–H and O–H groups in total. The van der Waals surface area contributed by atoms with Gasteiger partial charge in [0.05, 0.1) is 10.9 Å². The second kappa shape index (κ2) is 8.06. The second-order valence-electron chi connectivity index (χ2n) is 7.35. The Labute approximate surface area is 184 Å². The predicted octanol–water partition coefficient (Wildman–Crippen LogP) is 4.44. The molecule has 2 aromatic heterocycles. The Morgan fingerprint density at radius 2 is 1.93 bits per heavy atom. The first-order valence-corrected chi connectivity index (χ1v) is 11.7. The highest BCUT2D eigenvalue weighted by molar-refractivity contribution is 7.91. The van der Waals surface area contributed by atoms with Gasteiger partial charge in [-0.1, -0.05) is 23.2 Å². The molecule has 3 aromatic rings. The zero-order chi connectivity index (χ0) is 21.5. The van der Waals surface area contributed by atoms with Gasteiger partial charge in [0.25, 0.3) is 5.91 Å². The average Bonchev–Trinajstić information content (AvgIpc) is 3.46. The van der Waals surface area contributed by atoms with Crippen molar-refractivity contribution < 1.29 is 13.2 Å². The molecular weight excluding hydrogens is 445 g/mol. The molecule has 156 valence electrons. The maximum Gasteiger partial charge on any atom is 0.281 e. The molecule has 0 spiro atoms. The number of amides is 1. The number of carbonyl (C=O) groups excluding carboxylic acids is 1. The quantitative estimate of drug-likeness (QED) is 0.585. The summed E-state index contributed by atoms with van der Waals surface area (Å²) in [5.74, 6) is -0.674. The molecule has 1 aliphatic carbocycles. The van der Waals surface area contributed by atoms with Crippen LogP contribution in [0.1, 0.15) is 34.5 Å². The number of pyridine rings is 1. The summed E-state index contributed by atoms with van der Waals surface area (Å²) in [6.45, 7) is 2.16. The highest BCUT2D eigenvalue weighted by Crippen LogP contribution is 2.29. The van der Waals surface area contributed by atoms with Gasteiger partial charge < -0.3 is 4.57 Å². The van der Waals surface area contributed by atoms with Crippen molar-refractivity contribution in [2.45, 2.75) is 31.6 Å². The molecule has 0 atom stereocenters. The van der Waals surface area contributed by atoms with E-state index in [0.29, 0.717) is 28.5 Å². The minimum Gasteiger partial charge on any atom is -0.332 e. The molecule has 1 fully saturated rings. The van der Waals surface area contributed by atoms with Crippen LogP contribution in [0.15, 0.2) is 48.8 Å². The van der Waals surface area contributed by atoms with Crippen LogP contribution in [0.3, 0.4) is 0 Å². The molecule has 0 radical (unpaired) electrons. The first-order chi connectivity index (χ1) is 14.2. The van der Waals surface area contributed by atoms with Crippen molar-refractivity contribution in [2.75, 3.05) is 0 Å². The Hall–Kier alpha value is -2.35. The van der Waals surface area contributed by atoms with Crippen molar-refractivity contribution in [3.63, 3.8) is 0 Å². The maximum absolute atomic E-state index is 12.9. The maximum atomic E-state index is 12.9. The van der Waals surface area contributed by atoms with Gasteiger partial charge >= 0.3 is 0 Å². The summed E-state index contributed by atoms with van der Waals surface area (Å²) >= 11 is 12.5. The van der Waals surface area contributed by atoms with Crippen LogP contribution in [0, 0.1) is 6.92 Å². The van der Waals surface area contributed by atoms with Gasteiger partial charge in [-0.05, 0) is 67.3 Å². The van der Waals surface area contributed by atoms with E-state index in [1.54, 1.807) is 47.3 Å². The first kappa shape index (κ1) is 20.9. The van der Waals surface area contributed by atoms with Crippen LogP contribution in [0.5, 0.6) is 0 Å². The van der Waals surface area contributed by atoms with E-state index in [9.17, 15) is 13.2 Å². The molecule has 0 aliphatic heterocycles. The van der Waals surface area contributed by atoms with Crippen molar-refractivity contribution in [3.8, 4) is 11.3 Å². The number of carbonyl (C=O) groups is 1. The van der Waals surface area contributed by atoms with Crippen molar-refractivity contribution in [1.82, 2.24) is 14.3 Å². The summed E-state index contributed by atoms with van der Waals surface area (Å²) in [7, 11) is -3.67. The Kier molecular flexibility index (Phi) is 5.61. The van der Waals surface area contributed by atoms with Crippen molar-refractivity contribution in [2.24, 2.45) is 0 Å². The Balaban J connectivity index is 1.78. The molecule has 4 rings (SSSR count). The van der Waals surface area contributed by atoms with Crippen molar-refractivity contribution in [1.29, 1.82) is 0 Å². The fourth-order valence-electron chi connectivity index (χ4n) is 3.26. The minimum absolute atomic E-state index is 0.215. The highest BCUT2D eigenvalue weighted by Gasteiger charge is 2.37. The highest BCUT2D eigenvalue weighted by atomic mass is 35.5. The molecule has 30 heavy (non-hydrogen) atoms. The van der Waals surface area contributed by atoms with Crippen LogP contribution in [0.4, 0.5) is 0 Å². The SMILES string of the molecule is Cc1cncc(-c2ccc(C(=O)NS(=O)(=O)C3CC3)n2Cc2cc(Cl)ccc2Cl)c1. The third-order valence-electron chi connectivity index (χ3n) is 4.92. The minimum atomic E-state index is -3.67. The van der Waals surface area contributed by atoms with Crippen LogP contribution in [0.2, 0.25) is 10.0 Å². The predicted molar refractivity (Wildman–Crippen MR) is 117 cm³/mol. The first-order valence-electron chi connectivity index (χ1n) is 9.36. The molecule has 0 bridgehead atoms. The smallest absolute Gasteiger partial charge is 0.281 e. The standard InChI is InChI=1S/C21H19Cl2N3O3S/c1-13-8-14(11-24-10-13)19-6-7-20(21(27)25-30(28,29)17-3-4-17)26(19)12-15-9-16(22)2-5-18(15)23/h2,5-11,17H,3-4,12H2,1H3,(H,25,27). The molecule has 9 heteroatoms. The van der Waals surface area contributed by atoms with Gasteiger partial charge in [0.15, 0.2) is 0 Å². The van der Waals surface area contributed by atoms with E-state index in [1.165, 1.54) is 0 Å². The van der Waals surface area contributed by atoms with Crippen LogP contribution >= 0.6 is 23.2 Å². The number of hydrogen-bond donors (Lipinski definition) is 1. The van der Waals surface area contributed by atoms with Crippen LogP contribution in [-0.4, -0.2) is 29.1 Å². The molecule has 0 unspecified atom stereocenters. The van der Waals surface area contributed by atoms with Crippen LogP contribution in [0.25, 0.3) is 11.3 Å². The number of nitrogens with one attached hydrogen (secondary N) is 1. The summed E-state index contributed by atoms with van der Waals surface area (Å²) in [4.78, 5) is 17.1. The summed E-state index contributed by atoms with van der Waals surface area (Å²) in [6, 6.07) is 10.4. The van der Waals surface area contributed by atoms with E-state index in [0.717, 1.165) is 16.8 Å². The van der Waals surface area contributed by atoms with Crippen molar-refractivity contribution >= 4 is 39.1 Å². The van der Waals surface area contributed by atoms with Crippen LogP contribution < -0.4 is 4.72 Å². The topological polar surface area (TPSA) is 81.1 Å². The lowest BCUT2D eigenvalue weighted by atomic mass is 10.1. The van der Waals surface area contributed by atoms with E-state index in [2.05, 4.69) is 9.71 Å².